The first-order valence-electron chi connectivity index (χ1n) is 7.68. The van der Waals surface area contributed by atoms with Crippen molar-refractivity contribution >= 4 is 23.4 Å². The van der Waals surface area contributed by atoms with Gasteiger partial charge < -0.3 is 10.4 Å². The maximum atomic E-state index is 6.10. The molecule has 2 aromatic carbocycles. The largest absolute Gasteiger partial charge is 0.338 e. The van der Waals surface area contributed by atoms with Gasteiger partial charge in [-0.05, 0) is 24.3 Å². The minimum absolute atomic E-state index is 0.435. The van der Waals surface area contributed by atoms with E-state index in [1.807, 2.05) is 42.5 Å². The second-order valence-corrected chi connectivity index (χ2v) is 6.73. The molecule has 0 amide bonds. The Hall–Kier alpha value is -2.84. The molecular weight excluding hydrogens is 372 g/mol. The van der Waals surface area contributed by atoms with Gasteiger partial charge in [0.05, 0.1) is 5.75 Å². The summed E-state index contributed by atoms with van der Waals surface area (Å²) in [6, 6.07) is 16.9. The van der Waals surface area contributed by atoms with Crippen molar-refractivity contribution in [3.05, 3.63) is 65.5 Å². The Labute approximate surface area is 158 Å². The van der Waals surface area contributed by atoms with E-state index in [1.54, 1.807) is 12.1 Å². The van der Waals surface area contributed by atoms with E-state index < -0.39 is 0 Å². The van der Waals surface area contributed by atoms with Crippen molar-refractivity contribution in [2.75, 3.05) is 5.84 Å². The van der Waals surface area contributed by atoms with Gasteiger partial charge in [0.25, 0.3) is 0 Å². The number of nitrogen functional groups attached to an aromatic ring is 1. The SMILES string of the molecule is Nn1c(SCc2nc(-c3ccc(Cl)cc3)no2)nnc1-c1ccccc1. The van der Waals surface area contributed by atoms with Crippen LogP contribution in [0, 0.1) is 0 Å². The molecule has 4 aromatic rings. The highest BCUT2D eigenvalue weighted by molar-refractivity contribution is 7.98. The maximum Gasteiger partial charge on any atom is 0.237 e. The number of benzene rings is 2. The summed E-state index contributed by atoms with van der Waals surface area (Å²) in [5.41, 5.74) is 1.74. The van der Waals surface area contributed by atoms with Gasteiger partial charge in [-0.15, -0.1) is 10.2 Å². The zero-order valence-corrected chi connectivity index (χ0v) is 15.0. The van der Waals surface area contributed by atoms with E-state index >= 15 is 0 Å². The van der Waals surface area contributed by atoms with Gasteiger partial charge in [0.2, 0.25) is 16.9 Å². The van der Waals surface area contributed by atoms with Crippen molar-refractivity contribution in [3.8, 4) is 22.8 Å². The number of rotatable bonds is 5. The monoisotopic (exact) mass is 384 g/mol. The molecule has 0 bridgehead atoms. The Bertz CT molecular complexity index is 1020. The van der Waals surface area contributed by atoms with Gasteiger partial charge in [-0.1, -0.05) is 58.9 Å². The summed E-state index contributed by atoms with van der Waals surface area (Å²) in [6.45, 7) is 0. The first-order valence-corrected chi connectivity index (χ1v) is 9.04. The third-order valence-electron chi connectivity index (χ3n) is 3.59. The van der Waals surface area contributed by atoms with Gasteiger partial charge in [-0.2, -0.15) is 4.98 Å². The summed E-state index contributed by atoms with van der Waals surface area (Å²) >= 11 is 7.26. The molecule has 0 unspecified atom stereocenters. The Kier molecular flexibility index (Phi) is 4.59. The quantitative estimate of drug-likeness (QED) is 0.414. The maximum absolute atomic E-state index is 6.10. The second kappa shape index (κ2) is 7.19. The smallest absolute Gasteiger partial charge is 0.237 e. The van der Waals surface area contributed by atoms with Crippen molar-refractivity contribution in [2.24, 2.45) is 0 Å². The molecule has 7 nitrogen and oxygen atoms in total. The minimum Gasteiger partial charge on any atom is -0.338 e. The lowest BCUT2D eigenvalue weighted by molar-refractivity contribution is 0.391. The van der Waals surface area contributed by atoms with E-state index in [0.29, 0.717) is 33.5 Å². The van der Waals surface area contributed by atoms with Crippen molar-refractivity contribution in [3.63, 3.8) is 0 Å². The van der Waals surface area contributed by atoms with E-state index in [2.05, 4.69) is 20.3 Å². The molecule has 0 aliphatic carbocycles. The summed E-state index contributed by atoms with van der Waals surface area (Å²) in [6.07, 6.45) is 0. The summed E-state index contributed by atoms with van der Waals surface area (Å²) in [4.78, 5) is 4.38. The third-order valence-corrected chi connectivity index (χ3v) is 4.77. The molecule has 0 saturated carbocycles. The molecule has 130 valence electrons. The second-order valence-electron chi connectivity index (χ2n) is 5.35. The average Bonchev–Trinajstić information content (AvgIpc) is 3.28. The lowest BCUT2D eigenvalue weighted by Gasteiger charge is -2.02. The Morgan fingerprint density at radius 2 is 1.77 bits per heavy atom. The van der Waals surface area contributed by atoms with Gasteiger partial charge in [0.1, 0.15) is 0 Å². The van der Waals surface area contributed by atoms with Crippen LogP contribution in [-0.2, 0) is 5.75 Å². The van der Waals surface area contributed by atoms with Crippen LogP contribution >= 0.6 is 23.4 Å². The van der Waals surface area contributed by atoms with Gasteiger partial charge in [-0.25, -0.2) is 4.68 Å². The Morgan fingerprint density at radius 1 is 1.00 bits per heavy atom. The van der Waals surface area contributed by atoms with Crippen molar-refractivity contribution in [2.45, 2.75) is 10.9 Å². The number of thioether (sulfide) groups is 1. The van der Waals surface area contributed by atoms with Crippen LogP contribution in [0.5, 0.6) is 0 Å². The van der Waals surface area contributed by atoms with Crippen molar-refractivity contribution in [1.29, 1.82) is 0 Å². The predicted octanol–water partition coefficient (Wildman–Crippen LogP) is 3.65. The van der Waals surface area contributed by atoms with Crippen LogP contribution in [0.25, 0.3) is 22.8 Å². The van der Waals surface area contributed by atoms with E-state index in [1.165, 1.54) is 16.4 Å². The molecule has 0 spiro atoms. The van der Waals surface area contributed by atoms with E-state index in [9.17, 15) is 0 Å². The molecule has 2 heterocycles. The third kappa shape index (κ3) is 3.42. The molecule has 0 aliphatic rings. The van der Waals surface area contributed by atoms with Gasteiger partial charge >= 0.3 is 0 Å². The van der Waals surface area contributed by atoms with Crippen LogP contribution in [0.4, 0.5) is 0 Å². The molecule has 2 aromatic heterocycles. The lowest BCUT2D eigenvalue weighted by Crippen LogP contribution is -2.11. The fraction of sp³-hybridized carbons (Fsp3) is 0.0588. The van der Waals surface area contributed by atoms with Crippen LogP contribution < -0.4 is 5.84 Å². The zero-order valence-electron chi connectivity index (χ0n) is 13.4. The van der Waals surface area contributed by atoms with E-state index in [0.717, 1.165) is 11.1 Å². The van der Waals surface area contributed by atoms with E-state index in [-0.39, 0.29) is 0 Å². The average molecular weight is 385 g/mol. The standard InChI is InChI=1S/C17H13ClN6OS/c18-13-8-6-11(7-9-13)15-20-14(25-23-15)10-26-17-22-21-16(24(17)19)12-4-2-1-3-5-12/h1-9H,10,19H2. The first-order chi connectivity index (χ1) is 12.7. The molecule has 26 heavy (non-hydrogen) atoms. The number of nitrogens with zero attached hydrogens (tertiary/aromatic N) is 5. The zero-order chi connectivity index (χ0) is 17.9. The predicted molar refractivity (Wildman–Crippen MR) is 99.9 cm³/mol. The molecule has 0 radical (unpaired) electrons. The fourth-order valence-corrected chi connectivity index (χ4v) is 3.14. The number of hydrogen-bond donors (Lipinski definition) is 1. The first kappa shape index (κ1) is 16.6. The lowest BCUT2D eigenvalue weighted by atomic mass is 10.2. The van der Waals surface area contributed by atoms with Crippen LogP contribution in [-0.4, -0.2) is 25.0 Å². The van der Waals surface area contributed by atoms with Crippen LogP contribution in [0.2, 0.25) is 5.02 Å². The van der Waals surface area contributed by atoms with Crippen LogP contribution in [0.15, 0.2) is 64.3 Å². The summed E-state index contributed by atoms with van der Waals surface area (Å²) in [5.74, 6) is 8.12. The van der Waals surface area contributed by atoms with Crippen LogP contribution in [0.1, 0.15) is 5.89 Å². The minimum atomic E-state index is 0.435. The van der Waals surface area contributed by atoms with Gasteiger partial charge in [0.15, 0.2) is 5.82 Å². The number of hydrogen-bond acceptors (Lipinski definition) is 7. The Morgan fingerprint density at radius 3 is 2.54 bits per heavy atom. The number of nitrogens with two attached hydrogens (primary N) is 1. The Balaban J connectivity index is 1.47. The van der Waals surface area contributed by atoms with Crippen LogP contribution in [0.3, 0.4) is 0 Å². The fourth-order valence-electron chi connectivity index (χ4n) is 2.32. The summed E-state index contributed by atoms with van der Waals surface area (Å²) < 4.78 is 6.74. The molecule has 0 atom stereocenters. The van der Waals surface area contributed by atoms with Gasteiger partial charge in [-0.3, -0.25) is 0 Å². The highest BCUT2D eigenvalue weighted by Crippen LogP contribution is 2.25. The molecule has 0 fully saturated rings. The van der Waals surface area contributed by atoms with Gasteiger partial charge in [0, 0.05) is 16.1 Å². The summed E-state index contributed by atoms with van der Waals surface area (Å²) in [5, 5.41) is 13.5. The summed E-state index contributed by atoms with van der Waals surface area (Å²) in [7, 11) is 0. The highest BCUT2D eigenvalue weighted by atomic mass is 35.5. The molecular formula is C17H13ClN6OS. The molecule has 9 heteroatoms. The topological polar surface area (TPSA) is 95.7 Å². The molecule has 0 aliphatic heterocycles. The highest BCUT2D eigenvalue weighted by Gasteiger charge is 2.14. The normalized spacial score (nSPS) is 11.0. The number of aromatic nitrogens is 5. The van der Waals surface area contributed by atoms with E-state index in [4.69, 9.17) is 22.0 Å². The van der Waals surface area contributed by atoms with Crippen molar-refractivity contribution in [1.82, 2.24) is 25.0 Å². The molecule has 2 N–H and O–H groups in total. The van der Waals surface area contributed by atoms with Crippen molar-refractivity contribution < 1.29 is 4.52 Å². The molecule has 4 rings (SSSR count). The molecule has 0 saturated heterocycles. The number of halogens is 1.